The fraction of sp³-hybridized carbons (Fsp3) is 0.600. The molecule has 0 atom stereocenters. The number of nitrogens with one attached hydrogen (secondary N) is 1. The third kappa shape index (κ3) is 6.44. The molecule has 0 saturated carbocycles. The van der Waals surface area contributed by atoms with Crippen molar-refractivity contribution in [2.24, 2.45) is 5.92 Å². The number of sulfonamides is 1. The Morgan fingerprint density at radius 3 is 2.18 bits per heavy atom. The summed E-state index contributed by atoms with van der Waals surface area (Å²) >= 11 is 0. The standard InChI is InChI=1S/C25H37N5O2S/c1-3-20-18-27-25(28-19-20)29-14-9-21(10-15-29)8-13-26-24-6-4-22(5-7-24)23-11-16-30(17-12-23)33(2,31)32/h4-7,18-19,21,23,26H,3,8-17H2,1-2H3. The van der Waals surface area contributed by atoms with Crippen LogP contribution in [0.4, 0.5) is 11.6 Å². The van der Waals surface area contributed by atoms with Crippen molar-refractivity contribution in [2.75, 3.05) is 49.2 Å². The molecule has 2 aromatic rings. The molecule has 0 bridgehead atoms. The van der Waals surface area contributed by atoms with Gasteiger partial charge in [0, 0.05) is 50.8 Å². The Balaban J connectivity index is 1.17. The van der Waals surface area contributed by atoms with Crippen LogP contribution >= 0.6 is 0 Å². The van der Waals surface area contributed by atoms with Gasteiger partial charge in [0.25, 0.3) is 0 Å². The van der Waals surface area contributed by atoms with Crippen LogP contribution in [0.2, 0.25) is 0 Å². The minimum Gasteiger partial charge on any atom is -0.385 e. The smallest absolute Gasteiger partial charge is 0.225 e. The Bertz CT molecular complexity index is 978. The minimum atomic E-state index is -3.06. The van der Waals surface area contributed by atoms with E-state index in [1.165, 1.54) is 36.6 Å². The number of anilines is 2. The highest BCUT2D eigenvalue weighted by Crippen LogP contribution is 2.30. The molecule has 0 unspecified atom stereocenters. The number of hydrogen-bond acceptors (Lipinski definition) is 6. The number of hydrogen-bond donors (Lipinski definition) is 1. The lowest BCUT2D eigenvalue weighted by atomic mass is 9.90. The van der Waals surface area contributed by atoms with Gasteiger partial charge >= 0.3 is 0 Å². The van der Waals surface area contributed by atoms with Gasteiger partial charge in [-0.25, -0.2) is 22.7 Å². The molecule has 180 valence electrons. The molecular weight excluding hydrogens is 434 g/mol. The van der Waals surface area contributed by atoms with Crippen LogP contribution in [0, 0.1) is 5.92 Å². The van der Waals surface area contributed by atoms with Crippen molar-refractivity contribution in [2.45, 2.75) is 51.4 Å². The van der Waals surface area contributed by atoms with E-state index in [-0.39, 0.29) is 0 Å². The van der Waals surface area contributed by atoms with Crippen LogP contribution < -0.4 is 10.2 Å². The molecule has 1 aromatic carbocycles. The Hall–Kier alpha value is -2.19. The van der Waals surface area contributed by atoms with Crippen LogP contribution in [0.15, 0.2) is 36.7 Å². The second kappa shape index (κ2) is 10.8. The molecule has 2 fully saturated rings. The molecule has 4 rings (SSSR count). The van der Waals surface area contributed by atoms with Gasteiger partial charge in [-0.3, -0.25) is 0 Å². The fourth-order valence-electron chi connectivity index (χ4n) is 4.93. The van der Waals surface area contributed by atoms with E-state index in [1.807, 2.05) is 12.4 Å². The zero-order valence-electron chi connectivity index (χ0n) is 19.9. The Kier molecular flexibility index (Phi) is 7.86. The molecule has 8 heteroatoms. The van der Waals surface area contributed by atoms with Crippen molar-refractivity contribution in [1.82, 2.24) is 14.3 Å². The van der Waals surface area contributed by atoms with E-state index in [0.717, 1.165) is 56.5 Å². The van der Waals surface area contributed by atoms with Crippen LogP contribution in [0.3, 0.4) is 0 Å². The molecule has 2 saturated heterocycles. The van der Waals surface area contributed by atoms with E-state index in [2.05, 4.69) is 51.4 Å². The van der Waals surface area contributed by atoms with Gasteiger partial charge in [-0.05, 0) is 73.6 Å². The molecule has 33 heavy (non-hydrogen) atoms. The largest absolute Gasteiger partial charge is 0.385 e. The summed E-state index contributed by atoms with van der Waals surface area (Å²) in [7, 11) is -3.06. The first-order chi connectivity index (χ1) is 15.9. The zero-order valence-corrected chi connectivity index (χ0v) is 20.7. The minimum absolute atomic E-state index is 0.449. The lowest BCUT2D eigenvalue weighted by Gasteiger charge is -2.32. The van der Waals surface area contributed by atoms with Crippen LogP contribution in [0.5, 0.6) is 0 Å². The first kappa shape index (κ1) is 24.0. The molecule has 7 nitrogen and oxygen atoms in total. The van der Waals surface area contributed by atoms with E-state index < -0.39 is 10.0 Å². The van der Waals surface area contributed by atoms with Crippen molar-refractivity contribution in [3.05, 3.63) is 47.8 Å². The summed E-state index contributed by atoms with van der Waals surface area (Å²) in [4.78, 5) is 11.4. The number of aryl methyl sites for hydroxylation is 1. The Morgan fingerprint density at radius 2 is 1.61 bits per heavy atom. The van der Waals surface area contributed by atoms with Crippen molar-refractivity contribution in [3.8, 4) is 0 Å². The highest BCUT2D eigenvalue weighted by atomic mass is 32.2. The SMILES string of the molecule is CCc1cnc(N2CCC(CCNc3ccc(C4CCN(S(C)(=O)=O)CC4)cc3)CC2)nc1. The molecule has 3 heterocycles. The van der Waals surface area contributed by atoms with Crippen LogP contribution in [-0.4, -0.2) is 61.7 Å². The van der Waals surface area contributed by atoms with Crippen LogP contribution in [0.1, 0.15) is 56.1 Å². The fourth-order valence-corrected chi connectivity index (χ4v) is 5.80. The summed E-state index contributed by atoms with van der Waals surface area (Å²) in [5, 5.41) is 3.58. The van der Waals surface area contributed by atoms with E-state index in [4.69, 9.17) is 0 Å². The topological polar surface area (TPSA) is 78.4 Å². The number of piperidine rings is 2. The molecule has 2 aliphatic heterocycles. The Labute approximate surface area is 198 Å². The van der Waals surface area contributed by atoms with E-state index in [9.17, 15) is 8.42 Å². The molecule has 0 amide bonds. The predicted octanol–water partition coefficient (Wildman–Crippen LogP) is 3.90. The van der Waals surface area contributed by atoms with E-state index >= 15 is 0 Å². The van der Waals surface area contributed by atoms with Crippen molar-refractivity contribution >= 4 is 21.7 Å². The second-order valence-electron chi connectivity index (χ2n) is 9.45. The first-order valence-electron chi connectivity index (χ1n) is 12.3. The van der Waals surface area contributed by atoms with Gasteiger partial charge in [-0.15, -0.1) is 0 Å². The lowest BCUT2D eigenvalue weighted by Crippen LogP contribution is -2.37. The van der Waals surface area contributed by atoms with E-state index in [1.54, 1.807) is 4.31 Å². The zero-order chi connectivity index (χ0) is 23.3. The maximum Gasteiger partial charge on any atom is 0.225 e. The predicted molar refractivity (Wildman–Crippen MR) is 134 cm³/mol. The third-order valence-electron chi connectivity index (χ3n) is 7.18. The molecule has 2 aliphatic rings. The number of aromatic nitrogens is 2. The average Bonchev–Trinajstić information content (AvgIpc) is 2.85. The summed E-state index contributed by atoms with van der Waals surface area (Å²) < 4.78 is 25.0. The van der Waals surface area contributed by atoms with Gasteiger partial charge in [-0.1, -0.05) is 19.1 Å². The van der Waals surface area contributed by atoms with Gasteiger partial charge < -0.3 is 10.2 Å². The highest BCUT2D eigenvalue weighted by Gasteiger charge is 2.25. The van der Waals surface area contributed by atoms with Gasteiger partial charge in [0.2, 0.25) is 16.0 Å². The summed E-state index contributed by atoms with van der Waals surface area (Å²) in [6.07, 6.45) is 11.5. The quantitative estimate of drug-likeness (QED) is 0.629. The molecule has 0 radical (unpaired) electrons. The summed E-state index contributed by atoms with van der Waals surface area (Å²) in [5.41, 5.74) is 3.66. The maximum absolute atomic E-state index is 11.7. The summed E-state index contributed by atoms with van der Waals surface area (Å²) in [6, 6.07) is 8.73. The van der Waals surface area contributed by atoms with Crippen LogP contribution in [-0.2, 0) is 16.4 Å². The summed E-state index contributed by atoms with van der Waals surface area (Å²) in [5.74, 6) is 2.05. The lowest BCUT2D eigenvalue weighted by molar-refractivity contribution is 0.321. The number of benzene rings is 1. The first-order valence-corrected chi connectivity index (χ1v) is 14.1. The van der Waals surface area contributed by atoms with Crippen molar-refractivity contribution < 1.29 is 8.42 Å². The molecule has 1 N–H and O–H groups in total. The van der Waals surface area contributed by atoms with Gasteiger partial charge in [-0.2, -0.15) is 0 Å². The molecular formula is C25H37N5O2S. The summed E-state index contributed by atoms with van der Waals surface area (Å²) in [6.45, 7) is 6.42. The Morgan fingerprint density at radius 1 is 0.970 bits per heavy atom. The van der Waals surface area contributed by atoms with E-state index in [0.29, 0.717) is 19.0 Å². The number of rotatable bonds is 8. The van der Waals surface area contributed by atoms with Gasteiger partial charge in [0.1, 0.15) is 0 Å². The maximum atomic E-state index is 11.7. The number of nitrogens with zero attached hydrogens (tertiary/aromatic N) is 4. The van der Waals surface area contributed by atoms with Crippen molar-refractivity contribution in [3.63, 3.8) is 0 Å². The normalized spacial score (nSPS) is 19.0. The molecule has 0 spiro atoms. The molecule has 1 aromatic heterocycles. The monoisotopic (exact) mass is 471 g/mol. The van der Waals surface area contributed by atoms with Gasteiger partial charge in [0.15, 0.2) is 0 Å². The average molecular weight is 472 g/mol. The van der Waals surface area contributed by atoms with Crippen molar-refractivity contribution in [1.29, 1.82) is 0 Å². The van der Waals surface area contributed by atoms with Crippen LogP contribution in [0.25, 0.3) is 0 Å². The van der Waals surface area contributed by atoms with Gasteiger partial charge in [0.05, 0.1) is 6.26 Å². The second-order valence-corrected chi connectivity index (χ2v) is 11.4. The third-order valence-corrected chi connectivity index (χ3v) is 8.49. The highest BCUT2D eigenvalue weighted by molar-refractivity contribution is 7.88. The molecule has 0 aliphatic carbocycles.